The number of nitrogens with zero attached hydrogens (tertiary/aromatic N) is 2. The van der Waals surface area contributed by atoms with Crippen LogP contribution in [0.5, 0.6) is 0 Å². The first-order chi connectivity index (χ1) is 13.3. The first kappa shape index (κ1) is 21.5. The zero-order valence-corrected chi connectivity index (χ0v) is 17.6. The van der Waals surface area contributed by atoms with Crippen molar-refractivity contribution in [2.24, 2.45) is 5.92 Å². The summed E-state index contributed by atoms with van der Waals surface area (Å²) < 4.78 is 5.24. The Morgan fingerprint density at radius 1 is 0.821 bits per heavy atom. The zero-order chi connectivity index (χ0) is 20.8. The van der Waals surface area contributed by atoms with Gasteiger partial charge in [-0.25, -0.2) is 0 Å². The number of ether oxygens (including phenoxy) is 1. The van der Waals surface area contributed by atoms with Crippen molar-refractivity contribution in [2.75, 3.05) is 44.6 Å². The van der Waals surface area contributed by atoms with E-state index < -0.39 is 17.8 Å². The second-order valence-electron chi connectivity index (χ2n) is 7.29. The standard InChI is InChI=1S/C23H30N2O3/c1-7-28-23(27)21(16(2)26)22(17-8-12-19(13-9-17)24(3)4)18-10-14-20(15-11-18)25(5)6/h8-15,21-22H,7H2,1-6H3/t21-/m0/s1. The highest BCUT2D eigenvalue weighted by Gasteiger charge is 2.36. The fraction of sp³-hybridized carbons (Fsp3) is 0.391. The third kappa shape index (κ3) is 4.91. The van der Waals surface area contributed by atoms with Crippen molar-refractivity contribution < 1.29 is 14.3 Å². The van der Waals surface area contributed by atoms with Crippen LogP contribution in [0.15, 0.2) is 48.5 Å². The Hall–Kier alpha value is -2.82. The average molecular weight is 383 g/mol. The number of Topliss-reactive ketones (excluding diaryl/α,β-unsaturated/α-hetero) is 1. The molecule has 28 heavy (non-hydrogen) atoms. The molecule has 0 saturated heterocycles. The molecule has 5 heteroatoms. The Labute approximate surface area is 167 Å². The molecule has 0 saturated carbocycles. The van der Waals surface area contributed by atoms with Gasteiger partial charge < -0.3 is 14.5 Å². The van der Waals surface area contributed by atoms with Crippen LogP contribution in [0.2, 0.25) is 0 Å². The second-order valence-corrected chi connectivity index (χ2v) is 7.29. The van der Waals surface area contributed by atoms with E-state index in [0.717, 1.165) is 22.5 Å². The summed E-state index contributed by atoms with van der Waals surface area (Å²) in [5.74, 6) is -1.95. The molecule has 1 atom stereocenters. The third-order valence-electron chi connectivity index (χ3n) is 4.85. The van der Waals surface area contributed by atoms with Crippen molar-refractivity contribution in [3.63, 3.8) is 0 Å². The van der Waals surface area contributed by atoms with Gasteiger partial charge in [0.15, 0.2) is 0 Å². The van der Waals surface area contributed by atoms with Gasteiger partial charge in [-0.15, -0.1) is 0 Å². The Bertz CT molecular complexity index is 744. The summed E-state index contributed by atoms with van der Waals surface area (Å²) in [4.78, 5) is 29.2. The van der Waals surface area contributed by atoms with Crippen molar-refractivity contribution in [3.8, 4) is 0 Å². The molecular weight excluding hydrogens is 352 g/mol. The summed E-state index contributed by atoms with van der Waals surface area (Å²) in [5.41, 5.74) is 3.94. The molecule has 0 aliphatic rings. The number of anilines is 2. The number of carbonyl (C=O) groups is 2. The number of rotatable bonds is 8. The van der Waals surface area contributed by atoms with Gasteiger partial charge in [-0.3, -0.25) is 9.59 Å². The Morgan fingerprint density at radius 3 is 1.50 bits per heavy atom. The maximum Gasteiger partial charge on any atom is 0.317 e. The average Bonchev–Trinajstić information content (AvgIpc) is 2.66. The molecule has 0 fully saturated rings. The SMILES string of the molecule is CCOC(=O)[C@@H](C(C)=O)C(c1ccc(N(C)C)cc1)c1ccc(N(C)C)cc1. The first-order valence-electron chi connectivity index (χ1n) is 9.47. The molecule has 2 aromatic rings. The normalized spacial score (nSPS) is 11.8. The lowest BCUT2D eigenvalue weighted by Crippen LogP contribution is -2.31. The number of hydrogen-bond donors (Lipinski definition) is 0. The van der Waals surface area contributed by atoms with Crippen LogP contribution in [-0.4, -0.2) is 46.6 Å². The number of hydrogen-bond acceptors (Lipinski definition) is 5. The van der Waals surface area contributed by atoms with Gasteiger partial charge in [0.25, 0.3) is 0 Å². The number of ketones is 1. The van der Waals surface area contributed by atoms with Crippen LogP contribution in [0, 0.1) is 5.92 Å². The van der Waals surface area contributed by atoms with Crippen LogP contribution in [-0.2, 0) is 14.3 Å². The smallest absolute Gasteiger partial charge is 0.317 e. The van der Waals surface area contributed by atoms with E-state index in [-0.39, 0.29) is 12.4 Å². The van der Waals surface area contributed by atoms with Crippen LogP contribution in [0.1, 0.15) is 30.9 Å². The summed E-state index contributed by atoms with van der Waals surface area (Å²) in [6, 6.07) is 15.9. The second kappa shape index (κ2) is 9.40. The van der Waals surface area contributed by atoms with Gasteiger partial charge in [0.2, 0.25) is 0 Å². The molecule has 0 radical (unpaired) electrons. The Balaban J connectivity index is 2.55. The Kier molecular flexibility index (Phi) is 7.21. The third-order valence-corrected chi connectivity index (χ3v) is 4.85. The quantitative estimate of drug-likeness (QED) is 0.514. The highest BCUT2D eigenvalue weighted by atomic mass is 16.5. The van der Waals surface area contributed by atoms with Crippen LogP contribution in [0.4, 0.5) is 11.4 Å². The molecule has 2 rings (SSSR count). The van der Waals surface area contributed by atoms with E-state index in [0.29, 0.717) is 0 Å². The molecule has 0 unspecified atom stereocenters. The van der Waals surface area contributed by atoms with Crippen LogP contribution in [0.25, 0.3) is 0 Å². The van der Waals surface area contributed by atoms with Gasteiger partial charge in [-0.05, 0) is 49.2 Å². The van der Waals surface area contributed by atoms with E-state index in [1.807, 2.05) is 86.5 Å². The molecule has 0 heterocycles. The van der Waals surface area contributed by atoms with Crippen LogP contribution < -0.4 is 9.80 Å². The van der Waals surface area contributed by atoms with E-state index in [9.17, 15) is 9.59 Å². The van der Waals surface area contributed by atoms with Crippen molar-refractivity contribution in [2.45, 2.75) is 19.8 Å². The van der Waals surface area contributed by atoms with Gasteiger partial charge in [-0.1, -0.05) is 24.3 Å². The molecule has 0 amide bonds. The summed E-state index contributed by atoms with van der Waals surface area (Å²) >= 11 is 0. The van der Waals surface area contributed by atoms with E-state index in [1.54, 1.807) is 6.92 Å². The fourth-order valence-corrected chi connectivity index (χ4v) is 3.31. The van der Waals surface area contributed by atoms with E-state index in [1.165, 1.54) is 6.92 Å². The lowest BCUT2D eigenvalue weighted by atomic mass is 9.78. The summed E-state index contributed by atoms with van der Waals surface area (Å²) in [5, 5.41) is 0. The number of carbonyl (C=O) groups excluding carboxylic acids is 2. The molecule has 2 aromatic carbocycles. The van der Waals surface area contributed by atoms with Crippen LogP contribution in [0.3, 0.4) is 0 Å². The molecule has 0 aliphatic heterocycles. The van der Waals surface area contributed by atoms with Gasteiger partial charge in [0.1, 0.15) is 11.7 Å². The minimum atomic E-state index is -0.879. The Morgan fingerprint density at radius 2 is 1.21 bits per heavy atom. The highest BCUT2D eigenvalue weighted by Crippen LogP contribution is 2.35. The highest BCUT2D eigenvalue weighted by molar-refractivity contribution is 5.99. The maximum atomic E-state index is 12.7. The van der Waals surface area contributed by atoms with Gasteiger partial charge in [0.05, 0.1) is 6.61 Å². The monoisotopic (exact) mass is 382 g/mol. The minimum Gasteiger partial charge on any atom is -0.465 e. The lowest BCUT2D eigenvalue weighted by molar-refractivity contribution is -0.151. The predicted molar refractivity (Wildman–Crippen MR) is 114 cm³/mol. The fourth-order valence-electron chi connectivity index (χ4n) is 3.31. The molecule has 0 aliphatic carbocycles. The molecule has 0 bridgehead atoms. The molecule has 0 spiro atoms. The number of esters is 1. The summed E-state index contributed by atoms with van der Waals surface area (Å²) in [6.45, 7) is 3.45. The van der Waals surface area contributed by atoms with Crippen molar-refractivity contribution in [1.29, 1.82) is 0 Å². The van der Waals surface area contributed by atoms with E-state index >= 15 is 0 Å². The summed E-state index contributed by atoms with van der Waals surface area (Å²) in [7, 11) is 7.90. The van der Waals surface area contributed by atoms with Crippen molar-refractivity contribution in [3.05, 3.63) is 59.7 Å². The molecule has 0 N–H and O–H groups in total. The molecule has 5 nitrogen and oxygen atoms in total. The van der Waals surface area contributed by atoms with E-state index in [4.69, 9.17) is 4.74 Å². The van der Waals surface area contributed by atoms with Gasteiger partial charge >= 0.3 is 5.97 Å². The van der Waals surface area contributed by atoms with Gasteiger partial charge in [-0.2, -0.15) is 0 Å². The maximum absolute atomic E-state index is 12.7. The number of benzene rings is 2. The zero-order valence-electron chi connectivity index (χ0n) is 17.6. The lowest BCUT2D eigenvalue weighted by Gasteiger charge is -2.26. The summed E-state index contributed by atoms with van der Waals surface area (Å²) in [6.07, 6.45) is 0. The molecule has 0 aromatic heterocycles. The first-order valence-corrected chi connectivity index (χ1v) is 9.47. The van der Waals surface area contributed by atoms with Crippen LogP contribution >= 0.6 is 0 Å². The van der Waals surface area contributed by atoms with Crippen molar-refractivity contribution >= 4 is 23.1 Å². The molecular formula is C23H30N2O3. The topological polar surface area (TPSA) is 49.9 Å². The molecule has 150 valence electrons. The largest absolute Gasteiger partial charge is 0.465 e. The van der Waals surface area contributed by atoms with Gasteiger partial charge in [0, 0.05) is 45.5 Å². The van der Waals surface area contributed by atoms with Crippen molar-refractivity contribution in [1.82, 2.24) is 0 Å². The van der Waals surface area contributed by atoms with E-state index in [2.05, 4.69) is 0 Å². The minimum absolute atomic E-state index is 0.197. The predicted octanol–water partition coefficient (Wildman–Crippen LogP) is 3.72.